The lowest BCUT2D eigenvalue weighted by atomic mass is 10.2. The first-order valence-electron chi connectivity index (χ1n) is 10.0. The lowest BCUT2D eigenvalue weighted by Crippen LogP contribution is -2.19. The van der Waals surface area contributed by atoms with Crippen molar-refractivity contribution in [1.82, 2.24) is 0 Å². The molecular formula is C24H22N4O3. The highest BCUT2D eigenvalue weighted by atomic mass is 16.2. The van der Waals surface area contributed by atoms with Crippen LogP contribution >= 0.6 is 0 Å². The number of anilines is 4. The second-order valence-corrected chi connectivity index (χ2v) is 7.32. The quantitative estimate of drug-likeness (QED) is 0.460. The van der Waals surface area contributed by atoms with Gasteiger partial charge in [0.2, 0.25) is 5.91 Å². The van der Waals surface area contributed by atoms with Gasteiger partial charge in [0, 0.05) is 34.2 Å². The van der Waals surface area contributed by atoms with E-state index >= 15 is 0 Å². The van der Waals surface area contributed by atoms with E-state index in [1.54, 1.807) is 60.7 Å². The van der Waals surface area contributed by atoms with Gasteiger partial charge in [0.25, 0.3) is 5.91 Å². The molecule has 1 fully saturated rings. The molecule has 31 heavy (non-hydrogen) atoms. The van der Waals surface area contributed by atoms with Gasteiger partial charge in [0.1, 0.15) is 0 Å². The summed E-state index contributed by atoms with van der Waals surface area (Å²) in [6.45, 7) is 0. The summed E-state index contributed by atoms with van der Waals surface area (Å²) >= 11 is 0. The van der Waals surface area contributed by atoms with Crippen molar-refractivity contribution in [3.05, 3.63) is 84.4 Å². The molecule has 1 aliphatic carbocycles. The Morgan fingerprint density at radius 1 is 0.613 bits per heavy atom. The zero-order valence-electron chi connectivity index (χ0n) is 16.7. The molecule has 7 nitrogen and oxygen atoms in total. The van der Waals surface area contributed by atoms with Crippen LogP contribution < -0.4 is 21.3 Å². The van der Waals surface area contributed by atoms with Crippen molar-refractivity contribution >= 4 is 40.6 Å². The third-order valence-electron chi connectivity index (χ3n) is 4.77. The Kier molecular flexibility index (Phi) is 5.93. The van der Waals surface area contributed by atoms with E-state index in [2.05, 4.69) is 21.3 Å². The predicted molar refractivity (Wildman–Crippen MR) is 121 cm³/mol. The van der Waals surface area contributed by atoms with Crippen molar-refractivity contribution in [3.63, 3.8) is 0 Å². The van der Waals surface area contributed by atoms with Gasteiger partial charge in [-0.1, -0.05) is 24.3 Å². The van der Waals surface area contributed by atoms with E-state index in [9.17, 15) is 14.4 Å². The van der Waals surface area contributed by atoms with E-state index in [1.165, 1.54) is 0 Å². The number of nitrogens with one attached hydrogen (secondary N) is 4. The third-order valence-corrected chi connectivity index (χ3v) is 4.77. The molecule has 0 unspecified atom stereocenters. The summed E-state index contributed by atoms with van der Waals surface area (Å²) in [5.41, 5.74) is 2.93. The lowest BCUT2D eigenvalue weighted by Gasteiger charge is -2.10. The van der Waals surface area contributed by atoms with E-state index in [0.717, 1.165) is 12.8 Å². The van der Waals surface area contributed by atoms with E-state index in [-0.39, 0.29) is 23.8 Å². The van der Waals surface area contributed by atoms with Crippen molar-refractivity contribution in [2.45, 2.75) is 12.8 Å². The molecule has 1 saturated carbocycles. The summed E-state index contributed by atoms with van der Waals surface area (Å²) in [6, 6.07) is 22.4. The van der Waals surface area contributed by atoms with Crippen LogP contribution in [0.2, 0.25) is 0 Å². The molecule has 0 aliphatic heterocycles. The first kappa shape index (κ1) is 20.2. The molecule has 0 aromatic heterocycles. The lowest BCUT2D eigenvalue weighted by molar-refractivity contribution is -0.117. The monoisotopic (exact) mass is 414 g/mol. The fraction of sp³-hybridized carbons (Fsp3) is 0.125. The Morgan fingerprint density at radius 3 is 1.84 bits per heavy atom. The minimum atomic E-state index is -0.367. The summed E-state index contributed by atoms with van der Waals surface area (Å²) in [5, 5.41) is 11.1. The second-order valence-electron chi connectivity index (χ2n) is 7.32. The van der Waals surface area contributed by atoms with Crippen molar-refractivity contribution in [2.24, 2.45) is 5.92 Å². The maximum Gasteiger partial charge on any atom is 0.323 e. The van der Waals surface area contributed by atoms with Crippen LogP contribution in [0.1, 0.15) is 23.2 Å². The molecule has 0 saturated heterocycles. The van der Waals surface area contributed by atoms with Gasteiger partial charge in [-0.15, -0.1) is 0 Å². The minimum absolute atomic E-state index is 0.0165. The number of urea groups is 1. The van der Waals surface area contributed by atoms with Gasteiger partial charge in [-0.05, 0) is 67.4 Å². The average Bonchev–Trinajstić information content (AvgIpc) is 3.61. The molecule has 4 N–H and O–H groups in total. The molecule has 0 radical (unpaired) electrons. The van der Waals surface area contributed by atoms with Crippen molar-refractivity contribution in [1.29, 1.82) is 0 Å². The van der Waals surface area contributed by atoms with Crippen LogP contribution in [-0.4, -0.2) is 17.8 Å². The van der Waals surface area contributed by atoms with Crippen molar-refractivity contribution in [3.8, 4) is 0 Å². The molecule has 3 aromatic rings. The fourth-order valence-electron chi connectivity index (χ4n) is 2.99. The summed E-state index contributed by atoms with van der Waals surface area (Å²) in [4.78, 5) is 36.5. The highest BCUT2D eigenvalue weighted by molar-refractivity contribution is 6.05. The molecule has 7 heteroatoms. The number of rotatable bonds is 6. The molecule has 0 heterocycles. The second kappa shape index (κ2) is 9.13. The summed E-state index contributed by atoms with van der Waals surface area (Å²) in [7, 11) is 0. The normalized spacial score (nSPS) is 12.5. The van der Waals surface area contributed by atoms with Crippen LogP contribution in [-0.2, 0) is 4.79 Å². The molecule has 0 bridgehead atoms. The zero-order chi connectivity index (χ0) is 21.6. The van der Waals surface area contributed by atoms with E-state index in [0.29, 0.717) is 28.3 Å². The van der Waals surface area contributed by atoms with Crippen LogP contribution in [0.5, 0.6) is 0 Å². The van der Waals surface area contributed by atoms with Gasteiger partial charge in [0.15, 0.2) is 0 Å². The minimum Gasteiger partial charge on any atom is -0.326 e. The van der Waals surface area contributed by atoms with Gasteiger partial charge in [-0.25, -0.2) is 4.79 Å². The summed E-state index contributed by atoms with van der Waals surface area (Å²) in [5.74, 6) is -0.158. The summed E-state index contributed by atoms with van der Waals surface area (Å²) in [6.07, 6.45) is 1.86. The number of amides is 4. The molecule has 4 rings (SSSR count). The maximum atomic E-state index is 12.5. The number of hydrogen-bond acceptors (Lipinski definition) is 3. The smallest absolute Gasteiger partial charge is 0.323 e. The van der Waals surface area contributed by atoms with Crippen LogP contribution in [0.15, 0.2) is 78.9 Å². The standard InChI is InChI=1S/C24H22N4O3/c29-22(16-9-10-16)25-20-7-4-8-21(15-20)26-23(30)17-11-13-19(14-12-17)28-24(31)27-18-5-2-1-3-6-18/h1-8,11-16H,9-10H2,(H,25,29)(H,26,30)(H2,27,28,31). The van der Waals surface area contributed by atoms with Crippen LogP contribution in [0.4, 0.5) is 27.5 Å². The molecule has 0 spiro atoms. The molecule has 1 aliphatic rings. The Bertz CT molecular complexity index is 1090. The van der Waals surface area contributed by atoms with Gasteiger partial charge in [-0.2, -0.15) is 0 Å². The van der Waals surface area contributed by atoms with Crippen LogP contribution in [0, 0.1) is 5.92 Å². The number of carbonyl (C=O) groups excluding carboxylic acids is 3. The van der Waals surface area contributed by atoms with Gasteiger partial charge in [0.05, 0.1) is 0 Å². The third kappa shape index (κ3) is 5.70. The fourth-order valence-corrected chi connectivity index (χ4v) is 2.99. The van der Waals surface area contributed by atoms with E-state index in [4.69, 9.17) is 0 Å². The first-order chi connectivity index (χ1) is 15.1. The van der Waals surface area contributed by atoms with Crippen molar-refractivity contribution < 1.29 is 14.4 Å². The zero-order valence-corrected chi connectivity index (χ0v) is 16.7. The Morgan fingerprint density at radius 2 is 1.19 bits per heavy atom. The highest BCUT2D eigenvalue weighted by Crippen LogP contribution is 2.30. The predicted octanol–water partition coefficient (Wildman–Crippen LogP) is 4.93. The van der Waals surface area contributed by atoms with E-state index < -0.39 is 0 Å². The van der Waals surface area contributed by atoms with Crippen LogP contribution in [0.3, 0.4) is 0 Å². The Labute approximate surface area is 179 Å². The topological polar surface area (TPSA) is 99.3 Å². The number of hydrogen-bond donors (Lipinski definition) is 4. The average molecular weight is 414 g/mol. The number of carbonyl (C=O) groups is 3. The highest BCUT2D eigenvalue weighted by Gasteiger charge is 2.29. The maximum absolute atomic E-state index is 12.5. The SMILES string of the molecule is O=C(Nc1ccccc1)Nc1ccc(C(=O)Nc2cccc(NC(=O)C3CC3)c2)cc1. The first-order valence-corrected chi connectivity index (χ1v) is 10.0. The largest absolute Gasteiger partial charge is 0.326 e. The molecule has 156 valence electrons. The molecule has 0 atom stereocenters. The number of para-hydroxylation sites is 1. The van der Waals surface area contributed by atoms with Gasteiger partial charge in [-0.3, -0.25) is 9.59 Å². The van der Waals surface area contributed by atoms with Crippen LogP contribution in [0.25, 0.3) is 0 Å². The van der Waals surface area contributed by atoms with Gasteiger partial charge < -0.3 is 21.3 Å². The summed E-state index contributed by atoms with van der Waals surface area (Å²) < 4.78 is 0. The number of benzene rings is 3. The molecular weight excluding hydrogens is 392 g/mol. The van der Waals surface area contributed by atoms with Gasteiger partial charge >= 0.3 is 6.03 Å². The Balaban J connectivity index is 1.33. The molecule has 4 amide bonds. The Hall–Kier alpha value is -4.13. The van der Waals surface area contributed by atoms with E-state index in [1.807, 2.05) is 18.2 Å². The van der Waals surface area contributed by atoms with Crippen molar-refractivity contribution in [2.75, 3.05) is 21.3 Å². The molecule has 3 aromatic carbocycles.